The van der Waals surface area contributed by atoms with Crippen molar-refractivity contribution in [1.29, 1.82) is 0 Å². The number of thioether (sulfide) groups is 1. The lowest BCUT2D eigenvalue weighted by Gasteiger charge is -2.33. The topological polar surface area (TPSA) is 136 Å². The van der Waals surface area contributed by atoms with E-state index >= 15 is 0 Å². The number of nitrogens with two attached hydrogens (primary N) is 1. The van der Waals surface area contributed by atoms with E-state index in [2.05, 4.69) is 5.32 Å². The molecule has 3 fully saturated rings. The van der Waals surface area contributed by atoms with Gasteiger partial charge in [0.2, 0.25) is 17.7 Å². The van der Waals surface area contributed by atoms with Crippen LogP contribution in [0.25, 0.3) is 0 Å². The van der Waals surface area contributed by atoms with Gasteiger partial charge in [0.05, 0.1) is 17.9 Å². The van der Waals surface area contributed by atoms with Crippen LogP contribution in [0.1, 0.15) is 58.3 Å². The van der Waals surface area contributed by atoms with Gasteiger partial charge in [0.25, 0.3) is 0 Å². The van der Waals surface area contributed by atoms with Gasteiger partial charge < -0.3 is 30.9 Å². The number of carbonyl (C=O) groups is 3. The molecule has 3 rings (SSSR count). The molecular weight excluding hydrogens is 419 g/mol. The Bertz CT molecular complexity index is 663. The first-order valence-corrected chi connectivity index (χ1v) is 12.6. The maximum Gasteiger partial charge on any atom is 0.475 e. The van der Waals surface area contributed by atoms with E-state index in [1.165, 1.54) is 23.1 Å². The molecule has 0 unspecified atom stereocenters. The van der Waals surface area contributed by atoms with Crippen LogP contribution in [-0.2, 0) is 14.4 Å². The molecule has 0 spiro atoms. The second-order valence-electron chi connectivity index (χ2n) is 8.87. The zero-order valence-electron chi connectivity index (χ0n) is 18.2. The molecule has 2 aliphatic heterocycles. The van der Waals surface area contributed by atoms with Crippen LogP contribution in [-0.4, -0.2) is 86.9 Å². The van der Waals surface area contributed by atoms with E-state index in [1.54, 1.807) is 11.8 Å². The summed E-state index contributed by atoms with van der Waals surface area (Å²) in [5, 5.41) is 21.9. The molecule has 0 aromatic carbocycles. The fourth-order valence-electron chi connectivity index (χ4n) is 4.95. The summed E-state index contributed by atoms with van der Waals surface area (Å²) >= 11 is 1.51. The van der Waals surface area contributed by atoms with E-state index in [0.717, 1.165) is 25.7 Å². The standard InChI is InChI=1S/C20H35BN4O5S/c1-2-14(19(27)24-10-6-9-16(24)21(29)30)23-18(26)15-11-31-12-25(15)20(28)17(22)13-7-4-3-5-8-13/h13-17,29-30H,2-12,22H2,1H3,(H,23,26)/t14-,15-,16-,17-/m0/s1. The van der Waals surface area contributed by atoms with Gasteiger partial charge in [-0.15, -0.1) is 11.8 Å². The molecule has 2 heterocycles. The molecule has 4 atom stereocenters. The van der Waals surface area contributed by atoms with Crippen molar-refractivity contribution in [2.45, 2.75) is 82.4 Å². The van der Waals surface area contributed by atoms with Crippen molar-refractivity contribution in [3.63, 3.8) is 0 Å². The Hall–Kier alpha value is -1.30. The van der Waals surface area contributed by atoms with Crippen LogP contribution < -0.4 is 11.1 Å². The lowest BCUT2D eigenvalue weighted by atomic mass is 9.77. The summed E-state index contributed by atoms with van der Waals surface area (Å²) < 4.78 is 0. The number of amides is 3. The summed E-state index contributed by atoms with van der Waals surface area (Å²) in [4.78, 5) is 42.1. The molecule has 0 bridgehead atoms. The summed E-state index contributed by atoms with van der Waals surface area (Å²) in [7, 11) is -1.60. The molecule has 174 valence electrons. The van der Waals surface area contributed by atoms with Crippen molar-refractivity contribution in [1.82, 2.24) is 15.1 Å². The minimum absolute atomic E-state index is 0.164. The number of hydrogen-bond acceptors (Lipinski definition) is 7. The minimum atomic E-state index is -1.60. The molecule has 3 aliphatic rings. The molecule has 0 aromatic heterocycles. The van der Waals surface area contributed by atoms with Crippen LogP contribution in [0.2, 0.25) is 0 Å². The highest BCUT2D eigenvalue weighted by Gasteiger charge is 2.42. The molecule has 1 aliphatic carbocycles. The molecular formula is C20H35BN4O5S. The zero-order valence-corrected chi connectivity index (χ0v) is 19.1. The van der Waals surface area contributed by atoms with Crippen LogP contribution in [0.15, 0.2) is 0 Å². The summed E-state index contributed by atoms with van der Waals surface area (Å²) in [5.74, 6) is -0.429. The van der Waals surface area contributed by atoms with Gasteiger partial charge in [-0.25, -0.2) is 0 Å². The molecule has 0 aromatic rings. The Morgan fingerprint density at radius 3 is 2.45 bits per heavy atom. The molecule has 31 heavy (non-hydrogen) atoms. The van der Waals surface area contributed by atoms with Crippen molar-refractivity contribution >= 4 is 36.6 Å². The predicted octanol–water partition coefficient (Wildman–Crippen LogP) is -0.307. The van der Waals surface area contributed by atoms with Gasteiger partial charge in [0, 0.05) is 12.3 Å². The quantitative estimate of drug-likeness (QED) is 0.388. The third kappa shape index (κ3) is 5.56. The average Bonchev–Trinajstić information content (AvgIpc) is 3.46. The van der Waals surface area contributed by atoms with Crippen LogP contribution >= 0.6 is 11.8 Å². The van der Waals surface area contributed by atoms with Crippen LogP contribution in [0.3, 0.4) is 0 Å². The number of nitrogens with one attached hydrogen (secondary N) is 1. The van der Waals surface area contributed by atoms with E-state index in [4.69, 9.17) is 5.73 Å². The fourth-order valence-corrected chi connectivity index (χ4v) is 6.11. The van der Waals surface area contributed by atoms with E-state index in [9.17, 15) is 24.4 Å². The van der Waals surface area contributed by atoms with E-state index in [-0.39, 0.29) is 23.6 Å². The Labute approximate surface area is 188 Å². The smallest absolute Gasteiger partial charge is 0.426 e. The van der Waals surface area contributed by atoms with Crippen molar-refractivity contribution in [3.05, 3.63) is 0 Å². The number of likely N-dealkylation sites (tertiary alicyclic amines) is 1. The molecule has 11 heteroatoms. The first kappa shape index (κ1) is 24.3. The van der Waals surface area contributed by atoms with Gasteiger partial charge in [-0.3, -0.25) is 14.4 Å². The first-order valence-electron chi connectivity index (χ1n) is 11.5. The second-order valence-corrected chi connectivity index (χ2v) is 9.87. The Morgan fingerprint density at radius 1 is 1.10 bits per heavy atom. The SMILES string of the molecule is CC[C@H](NC(=O)[C@@H]1CSCN1C(=O)[C@@H](N)C1CCCCC1)C(=O)N1CCC[C@H]1B(O)O. The van der Waals surface area contributed by atoms with E-state index in [1.807, 2.05) is 0 Å². The number of hydrogen-bond donors (Lipinski definition) is 4. The molecule has 1 saturated carbocycles. The first-order chi connectivity index (χ1) is 14.8. The lowest BCUT2D eigenvalue weighted by Crippen LogP contribution is -2.58. The summed E-state index contributed by atoms with van der Waals surface area (Å²) in [6.07, 6.45) is 6.85. The predicted molar refractivity (Wildman–Crippen MR) is 120 cm³/mol. The fraction of sp³-hybridized carbons (Fsp3) is 0.850. The van der Waals surface area contributed by atoms with Gasteiger partial charge in [-0.2, -0.15) is 0 Å². The molecule has 5 N–H and O–H groups in total. The monoisotopic (exact) mass is 454 g/mol. The highest BCUT2D eigenvalue weighted by atomic mass is 32.2. The lowest BCUT2D eigenvalue weighted by molar-refractivity contribution is -0.142. The van der Waals surface area contributed by atoms with Crippen molar-refractivity contribution in [3.8, 4) is 0 Å². The zero-order chi connectivity index (χ0) is 22.5. The minimum Gasteiger partial charge on any atom is -0.426 e. The second kappa shape index (κ2) is 11.0. The molecule has 9 nitrogen and oxygen atoms in total. The van der Waals surface area contributed by atoms with E-state index < -0.39 is 31.2 Å². The maximum atomic E-state index is 13.1. The van der Waals surface area contributed by atoms with Crippen LogP contribution in [0, 0.1) is 5.92 Å². The van der Waals surface area contributed by atoms with Gasteiger partial charge >= 0.3 is 7.12 Å². The molecule has 2 saturated heterocycles. The Balaban J connectivity index is 1.62. The number of nitrogens with zero attached hydrogens (tertiary/aromatic N) is 2. The van der Waals surface area contributed by atoms with Gasteiger partial charge in [-0.05, 0) is 38.0 Å². The van der Waals surface area contributed by atoms with Crippen LogP contribution in [0.5, 0.6) is 0 Å². The van der Waals surface area contributed by atoms with E-state index in [0.29, 0.717) is 37.4 Å². The van der Waals surface area contributed by atoms with Crippen molar-refractivity contribution in [2.75, 3.05) is 18.2 Å². The Morgan fingerprint density at radius 2 is 1.81 bits per heavy atom. The van der Waals surface area contributed by atoms with Crippen molar-refractivity contribution < 1.29 is 24.4 Å². The van der Waals surface area contributed by atoms with Gasteiger partial charge in [0.15, 0.2) is 0 Å². The number of carbonyl (C=O) groups excluding carboxylic acids is 3. The highest BCUT2D eigenvalue weighted by molar-refractivity contribution is 7.99. The summed E-state index contributed by atoms with van der Waals surface area (Å²) in [6, 6.07) is -2.00. The number of rotatable bonds is 7. The molecule has 3 amide bonds. The summed E-state index contributed by atoms with van der Waals surface area (Å²) in [6.45, 7) is 2.24. The third-order valence-electron chi connectivity index (χ3n) is 6.86. The van der Waals surface area contributed by atoms with Gasteiger partial charge in [0.1, 0.15) is 12.1 Å². The third-order valence-corrected chi connectivity index (χ3v) is 7.87. The van der Waals surface area contributed by atoms with Crippen LogP contribution in [0.4, 0.5) is 0 Å². The highest BCUT2D eigenvalue weighted by Crippen LogP contribution is 2.29. The average molecular weight is 454 g/mol. The van der Waals surface area contributed by atoms with Crippen molar-refractivity contribution in [2.24, 2.45) is 11.7 Å². The van der Waals surface area contributed by atoms with Gasteiger partial charge in [-0.1, -0.05) is 26.2 Å². The molecule has 0 radical (unpaired) electrons. The maximum absolute atomic E-state index is 13.1. The Kier molecular flexibility index (Phi) is 8.66. The summed E-state index contributed by atoms with van der Waals surface area (Å²) in [5.41, 5.74) is 6.30. The normalized spacial score (nSPS) is 26.6. The largest absolute Gasteiger partial charge is 0.475 e.